The molecule has 0 aliphatic rings. The van der Waals surface area contributed by atoms with E-state index in [9.17, 15) is 0 Å². The van der Waals surface area contributed by atoms with Gasteiger partial charge in [0, 0.05) is 9.80 Å². The zero-order valence-corrected chi connectivity index (χ0v) is 11.5. The van der Waals surface area contributed by atoms with Crippen LogP contribution < -0.4 is 0 Å². The Morgan fingerprint density at radius 2 is 1.50 bits per heavy atom. The minimum Gasteiger partial charge on any atom is -0.0928 e. The second kappa shape index (κ2) is 7.47. The van der Waals surface area contributed by atoms with Crippen LogP contribution in [0.3, 0.4) is 0 Å². The van der Waals surface area contributed by atoms with E-state index >= 15 is 0 Å². The first kappa shape index (κ1) is 12.3. The molecule has 0 saturated heterocycles. The van der Waals surface area contributed by atoms with Crippen LogP contribution in [-0.2, 0) is 6.42 Å². The van der Waals surface area contributed by atoms with Gasteiger partial charge in [-0.2, -0.15) is 0 Å². The highest BCUT2D eigenvalue weighted by atomic mass is 79.9. The average molecular weight is 320 g/mol. The molecule has 1 aromatic rings. The van der Waals surface area contributed by atoms with Crippen LogP contribution in [0, 0.1) is 0 Å². The van der Waals surface area contributed by atoms with Crippen LogP contribution in [0.1, 0.15) is 31.2 Å². The molecule has 0 aliphatic heterocycles. The van der Waals surface area contributed by atoms with Crippen LogP contribution in [0.25, 0.3) is 0 Å². The van der Waals surface area contributed by atoms with E-state index in [4.69, 9.17) is 0 Å². The SMILES string of the molecule is BrCCCCCCc1ccc(Br)cc1. The zero-order chi connectivity index (χ0) is 10.2. The van der Waals surface area contributed by atoms with Gasteiger partial charge in [-0.1, -0.05) is 56.8 Å². The molecule has 0 spiro atoms. The lowest BCUT2D eigenvalue weighted by molar-refractivity contribution is 0.671. The van der Waals surface area contributed by atoms with Crippen molar-refractivity contribution in [1.82, 2.24) is 0 Å². The van der Waals surface area contributed by atoms with E-state index in [1.807, 2.05) is 0 Å². The van der Waals surface area contributed by atoms with Crippen molar-refractivity contribution in [2.75, 3.05) is 5.33 Å². The molecule has 0 atom stereocenters. The minimum atomic E-state index is 1.14. The fraction of sp³-hybridized carbons (Fsp3) is 0.500. The molecule has 0 amide bonds. The normalized spacial score (nSPS) is 10.4. The smallest absolute Gasteiger partial charge is 0.0175 e. The van der Waals surface area contributed by atoms with E-state index in [0.29, 0.717) is 0 Å². The van der Waals surface area contributed by atoms with E-state index in [2.05, 4.69) is 56.1 Å². The molecule has 0 saturated carbocycles. The lowest BCUT2D eigenvalue weighted by Gasteiger charge is -2.01. The Labute approximate surface area is 103 Å². The summed E-state index contributed by atoms with van der Waals surface area (Å²) in [5, 5.41) is 1.14. The highest BCUT2D eigenvalue weighted by molar-refractivity contribution is 9.10. The third kappa shape index (κ3) is 5.16. The molecule has 0 heterocycles. The molecule has 0 N–H and O–H groups in total. The average Bonchev–Trinajstić information content (AvgIpc) is 2.21. The molecular formula is C12H16Br2. The van der Waals surface area contributed by atoms with Crippen LogP contribution in [0.5, 0.6) is 0 Å². The van der Waals surface area contributed by atoms with Crippen molar-refractivity contribution in [3.63, 3.8) is 0 Å². The van der Waals surface area contributed by atoms with E-state index in [0.717, 1.165) is 5.33 Å². The minimum absolute atomic E-state index is 1.14. The fourth-order valence-corrected chi connectivity index (χ4v) is 2.09. The van der Waals surface area contributed by atoms with Gasteiger partial charge >= 0.3 is 0 Å². The highest BCUT2D eigenvalue weighted by Crippen LogP contribution is 2.13. The third-order valence-electron chi connectivity index (χ3n) is 2.26. The predicted octanol–water partition coefficient (Wildman–Crippen LogP) is 4.95. The molecule has 0 unspecified atom stereocenters. The molecule has 2 heteroatoms. The predicted molar refractivity (Wildman–Crippen MR) is 70.1 cm³/mol. The van der Waals surface area contributed by atoms with E-state index in [1.54, 1.807) is 0 Å². The van der Waals surface area contributed by atoms with Gasteiger partial charge in [0.2, 0.25) is 0 Å². The Hall–Kier alpha value is 0.180. The van der Waals surface area contributed by atoms with Gasteiger partial charge in [-0.15, -0.1) is 0 Å². The van der Waals surface area contributed by atoms with E-state index in [-0.39, 0.29) is 0 Å². The first-order valence-corrected chi connectivity index (χ1v) is 7.05. The second-order valence-corrected chi connectivity index (χ2v) is 5.19. The quantitative estimate of drug-likeness (QED) is 0.514. The first-order valence-electron chi connectivity index (χ1n) is 5.13. The molecule has 1 rings (SSSR count). The van der Waals surface area contributed by atoms with Gasteiger partial charge in [-0.25, -0.2) is 0 Å². The monoisotopic (exact) mass is 318 g/mol. The summed E-state index contributed by atoms with van der Waals surface area (Å²) in [6.45, 7) is 0. The summed E-state index contributed by atoms with van der Waals surface area (Å²) >= 11 is 6.89. The van der Waals surface area contributed by atoms with E-state index in [1.165, 1.54) is 42.1 Å². The molecule has 0 aliphatic carbocycles. The lowest BCUT2D eigenvalue weighted by Crippen LogP contribution is -1.86. The molecular weight excluding hydrogens is 304 g/mol. The molecule has 78 valence electrons. The zero-order valence-electron chi connectivity index (χ0n) is 8.31. The molecule has 0 nitrogen and oxygen atoms in total. The van der Waals surface area contributed by atoms with Crippen molar-refractivity contribution in [3.05, 3.63) is 34.3 Å². The summed E-state index contributed by atoms with van der Waals surface area (Å²) < 4.78 is 1.17. The standard InChI is InChI=1S/C12H16Br2/c13-10-4-2-1-3-5-11-6-8-12(14)9-7-11/h6-9H,1-5,10H2. The molecule has 1 aromatic carbocycles. The molecule has 0 aromatic heterocycles. The lowest BCUT2D eigenvalue weighted by atomic mass is 10.1. The number of alkyl halides is 1. The molecule has 0 radical (unpaired) electrons. The van der Waals surface area contributed by atoms with Crippen LogP contribution >= 0.6 is 31.9 Å². The van der Waals surface area contributed by atoms with Gasteiger partial charge in [0.15, 0.2) is 0 Å². The number of unbranched alkanes of at least 4 members (excludes halogenated alkanes) is 3. The van der Waals surface area contributed by atoms with Crippen molar-refractivity contribution in [1.29, 1.82) is 0 Å². The summed E-state index contributed by atoms with van der Waals surface area (Å²) in [5.41, 5.74) is 1.45. The maximum atomic E-state index is 3.45. The molecule has 0 bridgehead atoms. The fourth-order valence-electron chi connectivity index (χ4n) is 1.43. The summed E-state index contributed by atoms with van der Waals surface area (Å²) in [5.74, 6) is 0. The van der Waals surface area contributed by atoms with Gasteiger partial charge in [0.1, 0.15) is 0 Å². The first-order chi connectivity index (χ1) is 6.83. The second-order valence-electron chi connectivity index (χ2n) is 3.48. The van der Waals surface area contributed by atoms with Crippen molar-refractivity contribution in [2.24, 2.45) is 0 Å². The number of aryl methyl sites for hydroxylation is 1. The number of rotatable bonds is 6. The van der Waals surface area contributed by atoms with Crippen LogP contribution in [0.4, 0.5) is 0 Å². The summed E-state index contributed by atoms with van der Waals surface area (Å²) in [7, 11) is 0. The van der Waals surface area contributed by atoms with Crippen molar-refractivity contribution >= 4 is 31.9 Å². The van der Waals surface area contributed by atoms with Crippen molar-refractivity contribution in [2.45, 2.75) is 32.1 Å². The van der Waals surface area contributed by atoms with Crippen LogP contribution in [0.15, 0.2) is 28.7 Å². The Morgan fingerprint density at radius 3 is 2.14 bits per heavy atom. The highest BCUT2D eigenvalue weighted by Gasteiger charge is 1.93. The number of halogens is 2. The van der Waals surface area contributed by atoms with Crippen LogP contribution in [0.2, 0.25) is 0 Å². The summed E-state index contributed by atoms with van der Waals surface area (Å²) in [4.78, 5) is 0. The van der Waals surface area contributed by atoms with Gasteiger partial charge in [0.05, 0.1) is 0 Å². The van der Waals surface area contributed by atoms with Crippen LogP contribution in [-0.4, -0.2) is 5.33 Å². The molecule has 0 fully saturated rings. The van der Waals surface area contributed by atoms with Gasteiger partial charge in [-0.05, 0) is 37.0 Å². The van der Waals surface area contributed by atoms with Crippen molar-refractivity contribution in [3.8, 4) is 0 Å². The molecule has 14 heavy (non-hydrogen) atoms. The Morgan fingerprint density at radius 1 is 0.857 bits per heavy atom. The maximum Gasteiger partial charge on any atom is 0.0175 e. The van der Waals surface area contributed by atoms with E-state index < -0.39 is 0 Å². The Balaban J connectivity index is 2.15. The topological polar surface area (TPSA) is 0 Å². The van der Waals surface area contributed by atoms with Crippen molar-refractivity contribution < 1.29 is 0 Å². The van der Waals surface area contributed by atoms with Gasteiger partial charge < -0.3 is 0 Å². The van der Waals surface area contributed by atoms with Gasteiger partial charge in [-0.3, -0.25) is 0 Å². The third-order valence-corrected chi connectivity index (χ3v) is 3.35. The summed E-state index contributed by atoms with van der Waals surface area (Å²) in [6, 6.07) is 8.64. The maximum absolute atomic E-state index is 3.45. The number of hydrogen-bond donors (Lipinski definition) is 0. The Kier molecular flexibility index (Phi) is 6.54. The Bertz CT molecular complexity index is 241. The largest absolute Gasteiger partial charge is 0.0928 e. The number of benzene rings is 1. The number of hydrogen-bond acceptors (Lipinski definition) is 0. The van der Waals surface area contributed by atoms with Gasteiger partial charge in [0.25, 0.3) is 0 Å². The summed E-state index contributed by atoms with van der Waals surface area (Å²) in [6.07, 6.45) is 6.54.